The molecule has 0 fully saturated rings. The van der Waals surface area contributed by atoms with Crippen LogP contribution in [0.15, 0.2) is 49.6 Å². The van der Waals surface area contributed by atoms with Crippen molar-refractivity contribution in [1.29, 1.82) is 0 Å². The third kappa shape index (κ3) is 3.09. The molecular formula is C14H17NO. The molecule has 2 heteroatoms. The SMILES string of the molecule is C=CCCN(CC=C)c1ccccc1C=O. The van der Waals surface area contributed by atoms with Gasteiger partial charge in [-0.05, 0) is 18.6 Å². The fraction of sp³-hybridized carbons (Fsp3) is 0.214. The molecule has 0 aliphatic carbocycles. The first-order chi connectivity index (χ1) is 7.83. The van der Waals surface area contributed by atoms with E-state index >= 15 is 0 Å². The van der Waals surface area contributed by atoms with E-state index in [2.05, 4.69) is 18.1 Å². The summed E-state index contributed by atoms with van der Waals surface area (Å²) in [4.78, 5) is 13.1. The Balaban J connectivity index is 2.93. The molecule has 16 heavy (non-hydrogen) atoms. The van der Waals surface area contributed by atoms with Crippen molar-refractivity contribution in [2.45, 2.75) is 6.42 Å². The van der Waals surface area contributed by atoms with Crippen LogP contribution in [-0.2, 0) is 0 Å². The van der Waals surface area contributed by atoms with E-state index in [1.54, 1.807) is 0 Å². The Hall–Kier alpha value is -1.83. The third-order valence-corrected chi connectivity index (χ3v) is 2.36. The van der Waals surface area contributed by atoms with Crippen LogP contribution in [0.1, 0.15) is 16.8 Å². The number of anilines is 1. The van der Waals surface area contributed by atoms with Crippen LogP contribution < -0.4 is 4.90 Å². The van der Waals surface area contributed by atoms with Crippen molar-refractivity contribution in [2.24, 2.45) is 0 Å². The summed E-state index contributed by atoms with van der Waals surface area (Å²) in [6.07, 6.45) is 5.49. The highest BCUT2D eigenvalue weighted by molar-refractivity contribution is 5.84. The summed E-state index contributed by atoms with van der Waals surface area (Å²) >= 11 is 0. The zero-order valence-corrected chi connectivity index (χ0v) is 9.43. The van der Waals surface area contributed by atoms with E-state index in [-0.39, 0.29) is 0 Å². The summed E-state index contributed by atoms with van der Waals surface area (Å²) in [6.45, 7) is 9.02. The molecule has 1 rings (SSSR count). The number of hydrogen-bond acceptors (Lipinski definition) is 2. The second-order valence-corrected chi connectivity index (χ2v) is 3.49. The molecule has 0 aliphatic rings. The normalized spacial score (nSPS) is 9.50. The molecule has 0 bridgehead atoms. The number of rotatable bonds is 7. The molecule has 0 saturated carbocycles. The lowest BCUT2D eigenvalue weighted by molar-refractivity contribution is 0.112. The molecule has 0 aliphatic heterocycles. The highest BCUT2D eigenvalue weighted by Crippen LogP contribution is 2.18. The van der Waals surface area contributed by atoms with E-state index in [0.717, 1.165) is 31.5 Å². The standard InChI is InChI=1S/C14H17NO/c1-3-5-11-15(10-4-2)14-9-7-6-8-13(14)12-16/h3-4,6-9,12H,1-2,5,10-11H2. The van der Waals surface area contributed by atoms with Crippen LogP contribution in [0.5, 0.6) is 0 Å². The monoisotopic (exact) mass is 215 g/mol. The van der Waals surface area contributed by atoms with Crippen molar-refractivity contribution >= 4 is 12.0 Å². The van der Waals surface area contributed by atoms with Crippen molar-refractivity contribution in [3.63, 3.8) is 0 Å². The third-order valence-electron chi connectivity index (χ3n) is 2.36. The Morgan fingerprint density at radius 1 is 1.19 bits per heavy atom. The molecule has 0 spiro atoms. The zero-order valence-electron chi connectivity index (χ0n) is 9.43. The van der Waals surface area contributed by atoms with Crippen molar-refractivity contribution < 1.29 is 4.79 Å². The molecular weight excluding hydrogens is 198 g/mol. The molecule has 84 valence electrons. The zero-order chi connectivity index (χ0) is 11.8. The first-order valence-electron chi connectivity index (χ1n) is 5.34. The summed E-state index contributed by atoms with van der Waals surface area (Å²) in [5.41, 5.74) is 1.67. The first-order valence-corrected chi connectivity index (χ1v) is 5.34. The highest BCUT2D eigenvalue weighted by Gasteiger charge is 2.07. The lowest BCUT2D eigenvalue weighted by atomic mass is 10.1. The fourth-order valence-electron chi connectivity index (χ4n) is 1.59. The number of benzene rings is 1. The molecule has 1 aromatic carbocycles. The predicted octanol–water partition coefficient (Wildman–Crippen LogP) is 3.07. The molecule has 2 nitrogen and oxygen atoms in total. The summed E-state index contributed by atoms with van der Waals surface area (Å²) in [5, 5.41) is 0. The number of carbonyl (C=O) groups excluding carboxylic acids is 1. The van der Waals surface area contributed by atoms with Crippen molar-refractivity contribution in [2.75, 3.05) is 18.0 Å². The lowest BCUT2D eigenvalue weighted by Crippen LogP contribution is -2.25. The van der Waals surface area contributed by atoms with Crippen LogP contribution in [-0.4, -0.2) is 19.4 Å². The molecule has 0 atom stereocenters. The van der Waals surface area contributed by atoms with Crippen LogP contribution in [0.25, 0.3) is 0 Å². The molecule has 0 N–H and O–H groups in total. The van der Waals surface area contributed by atoms with Gasteiger partial charge in [0.1, 0.15) is 0 Å². The summed E-state index contributed by atoms with van der Waals surface area (Å²) in [6, 6.07) is 7.59. The summed E-state index contributed by atoms with van der Waals surface area (Å²) in [5.74, 6) is 0. The summed E-state index contributed by atoms with van der Waals surface area (Å²) in [7, 11) is 0. The lowest BCUT2D eigenvalue weighted by Gasteiger charge is -2.24. The minimum absolute atomic E-state index is 0.716. The number of para-hydroxylation sites is 1. The Bertz CT molecular complexity index is 371. The fourth-order valence-corrected chi connectivity index (χ4v) is 1.59. The van der Waals surface area contributed by atoms with Gasteiger partial charge in [-0.3, -0.25) is 4.79 Å². The number of hydrogen-bond donors (Lipinski definition) is 0. The smallest absolute Gasteiger partial charge is 0.152 e. The molecule has 0 aromatic heterocycles. The minimum Gasteiger partial charge on any atom is -0.367 e. The largest absolute Gasteiger partial charge is 0.367 e. The molecule has 0 unspecified atom stereocenters. The number of nitrogens with zero attached hydrogens (tertiary/aromatic N) is 1. The van der Waals surface area contributed by atoms with Gasteiger partial charge in [0.2, 0.25) is 0 Å². The molecule has 0 amide bonds. The number of aldehydes is 1. The van der Waals surface area contributed by atoms with Gasteiger partial charge in [0.15, 0.2) is 6.29 Å². The van der Waals surface area contributed by atoms with Gasteiger partial charge in [0.05, 0.1) is 0 Å². The van der Waals surface area contributed by atoms with Gasteiger partial charge in [-0.2, -0.15) is 0 Å². The second kappa shape index (κ2) is 6.62. The maximum Gasteiger partial charge on any atom is 0.152 e. The maximum absolute atomic E-state index is 10.9. The van der Waals surface area contributed by atoms with E-state index in [1.807, 2.05) is 36.4 Å². The molecule has 0 saturated heterocycles. The van der Waals surface area contributed by atoms with E-state index in [1.165, 1.54) is 0 Å². The quantitative estimate of drug-likeness (QED) is 0.514. The van der Waals surface area contributed by atoms with Crippen LogP contribution in [0.4, 0.5) is 5.69 Å². The summed E-state index contributed by atoms with van der Waals surface area (Å²) < 4.78 is 0. The van der Waals surface area contributed by atoms with Crippen LogP contribution in [0.3, 0.4) is 0 Å². The van der Waals surface area contributed by atoms with Gasteiger partial charge in [-0.1, -0.05) is 24.3 Å². The van der Waals surface area contributed by atoms with E-state index in [4.69, 9.17) is 0 Å². The topological polar surface area (TPSA) is 20.3 Å². The maximum atomic E-state index is 10.9. The van der Waals surface area contributed by atoms with Gasteiger partial charge in [0, 0.05) is 24.3 Å². The first kappa shape index (κ1) is 12.2. The van der Waals surface area contributed by atoms with Gasteiger partial charge < -0.3 is 4.90 Å². The Morgan fingerprint density at radius 2 is 1.94 bits per heavy atom. The van der Waals surface area contributed by atoms with Crippen molar-refractivity contribution in [1.82, 2.24) is 0 Å². The van der Waals surface area contributed by atoms with Gasteiger partial charge in [0.25, 0.3) is 0 Å². The molecule has 0 radical (unpaired) electrons. The Labute approximate surface area is 96.9 Å². The van der Waals surface area contributed by atoms with E-state index in [9.17, 15) is 4.79 Å². The second-order valence-electron chi connectivity index (χ2n) is 3.49. The molecule has 0 heterocycles. The van der Waals surface area contributed by atoms with Gasteiger partial charge >= 0.3 is 0 Å². The Morgan fingerprint density at radius 3 is 2.56 bits per heavy atom. The molecule has 1 aromatic rings. The van der Waals surface area contributed by atoms with Crippen LogP contribution >= 0.6 is 0 Å². The van der Waals surface area contributed by atoms with Crippen LogP contribution in [0, 0.1) is 0 Å². The Kier molecular flexibility index (Phi) is 5.06. The van der Waals surface area contributed by atoms with Crippen LogP contribution in [0.2, 0.25) is 0 Å². The highest BCUT2D eigenvalue weighted by atomic mass is 16.1. The van der Waals surface area contributed by atoms with E-state index in [0.29, 0.717) is 5.56 Å². The average Bonchev–Trinajstić information content (AvgIpc) is 2.34. The van der Waals surface area contributed by atoms with E-state index < -0.39 is 0 Å². The van der Waals surface area contributed by atoms with Crippen molar-refractivity contribution in [3.8, 4) is 0 Å². The van der Waals surface area contributed by atoms with Gasteiger partial charge in [-0.15, -0.1) is 13.2 Å². The van der Waals surface area contributed by atoms with Crippen molar-refractivity contribution in [3.05, 3.63) is 55.1 Å². The average molecular weight is 215 g/mol. The van der Waals surface area contributed by atoms with Gasteiger partial charge in [-0.25, -0.2) is 0 Å². The number of carbonyl (C=O) groups is 1. The minimum atomic E-state index is 0.716. The predicted molar refractivity (Wildman–Crippen MR) is 69.1 cm³/mol.